The number of nitrogens with zero attached hydrogens (tertiary/aromatic N) is 3. The molecule has 1 aliphatic heterocycles. The average Bonchev–Trinajstić information content (AvgIpc) is 2.99. The lowest BCUT2D eigenvalue weighted by Gasteiger charge is -2.17. The number of para-hydroxylation sites is 1. The second kappa shape index (κ2) is 5.40. The molecule has 1 atom stereocenters. The Kier molecular flexibility index (Phi) is 3.43. The molecule has 0 amide bonds. The summed E-state index contributed by atoms with van der Waals surface area (Å²) in [4.78, 5) is 24.9. The standard InChI is InChI=1S/C15H15N3O3/c19-14-7-6-13(17-9-8-11(10-17)15(20)21)16-18(14)12-4-2-1-3-5-12/h1-7,11H,8-10H2,(H,20,21)/t11-/m1/s1. The van der Waals surface area contributed by atoms with Crippen LogP contribution in [0, 0.1) is 5.92 Å². The van der Waals surface area contributed by atoms with Crippen LogP contribution in [0.2, 0.25) is 0 Å². The topological polar surface area (TPSA) is 75.4 Å². The molecule has 6 heteroatoms. The third-order valence-electron chi connectivity index (χ3n) is 3.65. The summed E-state index contributed by atoms with van der Waals surface area (Å²) >= 11 is 0. The molecular weight excluding hydrogens is 270 g/mol. The van der Waals surface area contributed by atoms with Gasteiger partial charge in [0.25, 0.3) is 5.56 Å². The van der Waals surface area contributed by atoms with Gasteiger partial charge in [-0.05, 0) is 24.6 Å². The number of rotatable bonds is 3. The van der Waals surface area contributed by atoms with E-state index in [-0.39, 0.29) is 11.5 Å². The smallest absolute Gasteiger partial charge is 0.308 e. The number of carboxylic acids is 1. The van der Waals surface area contributed by atoms with Crippen molar-refractivity contribution in [1.82, 2.24) is 9.78 Å². The van der Waals surface area contributed by atoms with E-state index in [0.29, 0.717) is 31.0 Å². The normalized spacial score (nSPS) is 17.9. The number of hydrogen-bond acceptors (Lipinski definition) is 4. The molecule has 1 saturated heterocycles. The maximum absolute atomic E-state index is 11.9. The third-order valence-corrected chi connectivity index (χ3v) is 3.65. The zero-order valence-corrected chi connectivity index (χ0v) is 11.3. The van der Waals surface area contributed by atoms with E-state index in [0.717, 1.165) is 0 Å². The van der Waals surface area contributed by atoms with E-state index in [9.17, 15) is 9.59 Å². The minimum absolute atomic E-state index is 0.209. The van der Waals surface area contributed by atoms with E-state index in [1.807, 2.05) is 35.2 Å². The molecule has 21 heavy (non-hydrogen) atoms. The van der Waals surface area contributed by atoms with E-state index >= 15 is 0 Å². The Labute approximate surface area is 121 Å². The quantitative estimate of drug-likeness (QED) is 0.915. The molecule has 0 unspecified atom stereocenters. The lowest BCUT2D eigenvalue weighted by Crippen LogP contribution is -2.27. The van der Waals surface area contributed by atoms with Crippen molar-refractivity contribution in [3.63, 3.8) is 0 Å². The zero-order valence-electron chi connectivity index (χ0n) is 11.3. The van der Waals surface area contributed by atoms with Crippen molar-refractivity contribution in [2.45, 2.75) is 6.42 Å². The monoisotopic (exact) mass is 285 g/mol. The first-order valence-electron chi connectivity index (χ1n) is 6.79. The zero-order chi connectivity index (χ0) is 14.8. The van der Waals surface area contributed by atoms with Crippen LogP contribution < -0.4 is 10.5 Å². The van der Waals surface area contributed by atoms with E-state index in [1.165, 1.54) is 10.7 Å². The number of carbonyl (C=O) groups is 1. The second-order valence-corrected chi connectivity index (χ2v) is 5.05. The highest BCUT2D eigenvalue weighted by Gasteiger charge is 2.29. The lowest BCUT2D eigenvalue weighted by atomic mass is 10.1. The first-order chi connectivity index (χ1) is 10.1. The van der Waals surface area contributed by atoms with Crippen LogP contribution in [0.5, 0.6) is 0 Å². The summed E-state index contributed by atoms with van der Waals surface area (Å²) in [7, 11) is 0. The number of anilines is 1. The molecule has 1 N–H and O–H groups in total. The van der Waals surface area contributed by atoms with Gasteiger partial charge in [0.15, 0.2) is 0 Å². The summed E-state index contributed by atoms with van der Waals surface area (Å²) in [6.07, 6.45) is 0.599. The first-order valence-corrected chi connectivity index (χ1v) is 6.79. The number of hydrogen-bond donors (Lipinski definition) is 1. The van der Waals surface area contributed by atoms with Crippen molar-refractivity contribution in [2.75, 3.05) is 18.0 Å². The molecule has 3 rings (SSSR count). The molecule has 108 valence electrons. The summed E-state index contributed by atoms with van der Waals surface area (Å²) in [6.45, 7) is 1.06. The van der Waals surface area contributed by atoms with Crippen molar-refractivity contribution in [1.29, 1.82) is 0 Å². The molecule has 0 radical (unpaired) electrons. The molecule has 0 saturated carbocycles. The predicted molar refractivity (Wildman–Crippen MR) is 77.8 cm³/mol. The van der Waals surface area contributed by atoms with Gasteiger partial charge >= 0.3 is 5.97 Å². The predicted octanol–water partition coefficient (Wildman–Crippen LogP) is 1.14. The molecule has 1 fully saturated rings. The molecule has 0 spiro atoms. The Morgan fingerprint density at radius 3 is 2.62 bits per heavy atom. The second-order valence-electron chi connectivity index (χ2n) is 5.05. The Hall–Kier alpha value is -2.63. The largest absolute Gasteiger partial charge is 0.481 e. The lowest BCUT2D eigenvalue weighted by molar-refractivity contribution is -0.140. The first kappa shape index (κ1) is 13.4. The van der Waals surface area contributed by atoms with Crippen LogP contribution in [0.4, 0.5) is 5.82 Å². The van der Waals surface area contributed by atoms with Crippen molar-refractivity contribution in [3.8, 4) is 5.69 Å². The van der Waals surface area contributed by atoms with Crippen molar-refractivity contribution in [2.24, 2.45) is 5.92 Å². The third kappa shape index (κ3) is 2.65. The average molecular weight is 285 g/mol. The van der Waals surface area contributed by atoms with Gasteiger partial charge in [0.1, 0.15) is 5.82 Å². The molecule has 0 bridgehead atoms. The molecule has 2 heterocycles. The van der Waals surface area contributed by atoms with Crippen LogP contribution in [-0.2, 0) is 4.79 Å². The molecule has 1 aromatic heterocycles. The number of aromatic nitrogens is 2. The van der Waals surface area contributed by atoms with Gasteiger partial charge in [-0.1, -0.05) is 18.2 Å². The maximum atomic E-state index is 11.9. The Bertz CT molecular complexity index is 712. The van der Waals surface area contributed by atoms with Crippen LogP contribution in [-0.4, -0.2) is 33.9 Å². The highest BCUT2D eigenvalue weighted by Crippen LogP contribution is 2.21. The van der Waals surface area contributed by atoms with Gasteiger partial charge in [-0.3, -0.25) is 9.59 Å². The van der Waals surface area contributed by atoms with Gasteiger partial charge < -0.3 is 10.0 Å². The summed E-state index contributed by atoms with van der Waals surface area (Å²) in [5.74, 6) is -0.528. The van der Waals surface area contributed by atoms with Crippen LogP contribution in [0.15, 0.2) is 47.3 Å². The van der Waals surface area contributed by atoms with Crippen molar-refractivity contribution < 1.29 is 9.90 Å². The summed E-state index contributed by atoms with van der Waals surface area (Å²) in [6, 6.07) is 12.3. The Morgan fingerprint density at radius 2 is 1.95 bits per heavy atom. The SMILES string of the molecule is O=C(O)[C@@H]1CCN(c2ccc(=O)n(-c3ccccc3)n2)C1. The van der Waals surface area contributed by atoms with Gasteiger partial charge in [0, 0.05) is 19.2 Å². The molecule has 1 aliphatic rings. The van der Waals surface area contributed by atoms with E-state index in [1.54, 1.807) is 6.07 Å². The van der Waals surface area contributed by atoms with Crippen LogP contribution in [0.1, 0.15) is 6.42 Å². The van der Waals surface area contributed by atoms with E-state index in [2.05, 4.69) is 5.10 Å². The highest BCUT2D eigenvalue weighted by atomic mass is 16.4. The fourth-order valence-corrected chi connectivity index (χ4v) is 2.49. The molecule has 0 aliphatic carbocycles. The minimum Gasteiger partial charge on any atom is -0.481 e. The van der Waals surface area contributed by atoms with Gasteiger partial charge in [0.05, 0.1) is 11.6 Å². The van der Waals surface area contributed by atoms with Crippen LogP contribution >= 0.6 is 0 Å². The number of benzene rings is 1. The van der Waals surface area contributed by atoms with E-state index < -0.39 is 5.97 Å². The van der Waals surface area contributed by atoms with Crippen molar-refractivity contribution in [3.05, 3.63) is 52.8 Å². The summed E-state index contributed by atoms with van der Waals surface area (Å²) < 4.78 is 1.34. The molecule has 6 nitrogen and oxygen atoms in total. The van der Waals surface area contributed by atoms with Crippen LogP contribution in [0.3, 0.4) is 0 Å². The van der Waals surface area contributed by atoms with Gasteiger partial charge in [-0.25, -0.2) is 0 Å². The van der Waals surface area contributed by atoms with Gasteiger partial charge in [0.2, 0.25) is 0 Å². The molecule has 1 aromatic carbocycles. The summed E-state index contributed by atoms with van der Waals surface area (Å²) in [5.41, 5.74) is 0.484. The molecular formula is C15H15N3O3. The summed E-state index contributed by atoms with van der Waals surface area (Å²) in [5, 5.41) is 13.4. The highest BCUT2D eigenvalue weighted by molar-refractivity contribution is 5.71. The number of aliphatic carboxylic acids is 1. The fraction of sp³-hybridized carbons (Fsp3) is 0.267. The van der Waals surface area contributed by atoms with Gasteiger partial charge in [-0.15, -0.1) is 5.10 Å². The maximum Gasteiger partial charge on any atom is 0.308 e. The van der Waals surface area contributed by atoms with E-state index in [4.69, 9.17) is 5.11 Å². The van der Waals surface area contributed by atoms with Crippen molar-refractivity contribution >= 4 is 11.8 Å². The Balaban J connectivity index is 1.92. The Morgan fingerprint density at radius 1 is 1.19 bits per heavy atom. The molecule has 2 aromatic rings. The van der Waals surface area contributed by atoms with Gasteiger partial charge in [-0.2, -0.15) is 4.68 Å². The number of carboxylic acid groups (broad SMARTS) is 1. The fourth-order valence-electron chi connectivity index (χ4n) is 2.49. The van der Waals surface area contributed by atoms with Crippen LogP contribution in [0.25, 0.3) is 5.69 Å². The minimum atomic E-state index is -0.783.